The smallest absolute Gasteiger partial charge is 0.115 e. The Kier molecular flexibility index (Phi) is 5.37. The van der Waals surface area contributed by atoms with Crippen LogP contribution in [0.5, 0.6) is 5.75 Å². The molecular formula is C15H24O. The Morgan fingerprint density at radius 2 is 1.75 bits per heavy atom. The van der Waals surface area contributed by atoms with E-state index in [4.69, 9.17) is 0 Å². The monoisotopic (exact) mass is 220 g/mol. The zero-order chi connectivity index (χ0) is 12.0. The molecule has 2 unspecified atom stereocenters. The molecule has 1 aromatic carbocycles. The molecule has 1 aromatic rings. The number of hydrogen-bond acceptors (Lipinski definition) is 1. The zero-order valence-electron chi connectivity index (χ0n) is 10.7. The van der Waals surface area contributed by atoms with Crippen molar-refractivity contribution in [1.29, 1.82) is 0 Å². The average Bonchev–Trinajstić information content (AvgIpc) is 2.29. The summed E-state index contributed by atoms with van der Waals surface area (Å²) < 4.78 is 0. The molecule has 0 aliphatic heterocycles. The summed E-state index contributed by atoms with van der Waals surface area (Å²) in [6, 6.07) is 7.65. The maximum absolute atomic E-state index is 9.25. The lowest BCUT2D eigenvalue weighted by Crippen LogP contribution is -2.04. The van der Waals surface area contributed by atoms with Gasteiger partial charge in [-0.3, -0.25) is 0 Å². The van der Waals surface area contributed by atoms with Gasteiger partial charge in [-0.15, -0.1) is 0 Å². The Hall–Kier alpha value is -0.980. The zero-order valence-corrected chi connectivity index (χ0v) is 10.7. The second-order valence-corrected chi connectivity index (χ2v) is 4.79. The van der Waals surface area contributed by atoms with Crippen LogP contribution in [0.15, 0.2) is 24.3 Å². The van der Waals surface area contributed by atoms with E-state index < -0.39 is 0 Å². The molecule has 1 N–H and O–H groups in total. The molecule has 16 heavy (non-hydrogen) atoms. The molecule has 1 heteroatoms. The van der Waals surface area contributed by atoms with E-state index in [1.807, 2.05) is 12.1 Å². The standard InChI is InChI=1S/C15H24O/c1-4-6-13(5-2)11-12(3)14-7-9-15(16)10-8-14/h7-10,12-13,16H,4-6,11H2,1-3H3. The first-order valence-electron chi connectivity index (χ1n) is 6.46. The van der Waals surface area contributed by atoms with Gasteiger partial charge in [0.25, 0.3) is 0 Å². The third-order valence-electron chi connectivity index (χ3n) is 3.42. The van der Waals surface area contributed by atoms with Crippen molar-refractivity contribution in [2.45, 2.75) is 52.4 Å². The first-order chi connectivity index (χ1) is 7.67. The van der Waals surface area contributed by atoms with Crippen molar-refractivity contribution < 1.29 is 5.11 Å². The molecule has 0 heterocycles. The minimum Gasteiger partial charge on any atom is -0.508 e. The minimum absolute atomic E-state index is 0.358. The fourth-order valence-corrected chi connectivity index (χ4v) is 2.34. The summed E-state index contributed by atoms with van der Waals surface area (Å²) in [4.78, 5) is 0. The van der Waals surface area contributed by atoms with E-state index >= 15 is 0 Å². The molecule has 0 spiro atoms. The molecule has 0 fully saturated rings. The van der Waals surface area contributed by atoms with Crippen LogP contribution in [0.25, 0.3) is 0 Å². The van der Waals surface area contributed by atoms with Crippen molar-refractivity contribution in [3.05, 3.63) is 29.8 Å². The molecule has 0 bridgehead atoms. The van der Waals surface area contributed by atoms with Crippen LogP contribution in [0.4, 0.5) is 0 Å². The Labute approximate surface area is 99.5 Å². The fraction of sp³-hybridized carbons (Fsp3) is 0.600. The van der Waals surface area contributed by atoms with Gasteiger partial charge in [0.2, 0.25) is 0 Å². The average molecular weight is 220 g/mol. The predicted molar refractivity (Wildman–Crippen MR) is 69.8 cm³/mol. The first-order valence-corrected chi connectivity index (χ1v) is 6.46. The van der Waals surface area contributed by atoms with Gasteiger partial charge in [0.15, 0.2) is 0 Å². The van der Waals surface area contributed by atoms with Crippen LogP contribution in [-0.4, -0.2) is 5.11 Å². The van der Waals surface area contributed by atoms with Crippen molar-refractivity contribution in [3.8, 4) is 5.75 Å². The molecule has 0 amide bonds. The van der Waals surface area contributed by atoms with E-state index in [0.717, 1.165) is 5.92 Å². The summed E-state index contributed by atoms with van der Waals surface area (Å²) in [5.41, 5.74) is 1.34. The van der Waals surface area contributed by atoms with Crippen LogP contribution in [0, 0.1) is 5.92 Å². The second kappa shape index (κ2) is 6.57. The number of phenols is 1. The molecule has 90 valence electrons. The summed E-state index contributed by atoms with van der Waals surface area (Å²) in [7, 11) is 0. The third-order valence-corrected chi connectivity index (χ3v) is 3.42. The third kappa shape index (κ3) is 3.88. The summed E-state index contributed by atoms with van der Waals surface area (Å²) in [5, 5.41) is 9.25. The SMILES string of the molecule is CCCC(CC)CC(C)c1ccc(O)cc1. The summed E-state index contributed by atoms with van der Waals surface area (Å²) >= 11 is 0. The van der Waals surface area contributed by atoms with E-state index in [1.165, 1.54) is 31.2 Å². The van der Waals surface area contributed by atoms with Crippen LogP contribution < -0.4 is 0 Å². The fourth-order valence-electron chi connectivity index (χ4n) is 2.34. The van der Waals surface area contributed by atoms with Gasteiger partial charge in [-0.1, -0.05) is 52.2 Å². The van der Waals surface area contributed by atoms with Gasteiger partial charge in [-0.2, -0.15) is 0 Å². The maximum atomic E-state index is 9.25. The van der Waals surface area contributed by atoms with Crippen molar-refractivity contribution in [3.63, 3.8) is 0 Å². The highest BCUT2D eigenvalue weighted by Gasteiger charge is 2.12. The molecule has 1 rings (SSSR count). The quantitative estimate of drug-likeness (QED) is 0.736. The van der Waals surface area contributed by atoms with Crippen molar-refractivity contribution in [2.24, 2.45) is 5.92 Å². The van der Waals surface area contributed by atoms with E-state index in [-0.39, 0.29) is 0 Å². The summed E-state index contributed by atoms with van der Waals surface area (Å²) in [5.74, 6) is 1.79. The van der Waals surface area contributed by atoms with Crippen molar-refractivity contribution in [1.82, 2.24) is 0 Å². The van der Waals surface area contributed by atoms with Crippen LogP contribution in [-0.2, 0) is 0 Å². The number of aromatic hydroxyl groups is 1. The minimum atomic E-state index is 0.358. The van der Waals surface area contributed by atoms with Crippen molar-refractivity contribution >= 4 is 0 Å². The predicted octanol–water partition coefficient (Wildman–Crippen LogP) is 4.71. The van der Waals surface area contributed by atoms with Gasteiger partial charge in [-0.05, 0) is 36.0 Å². The van der Waals surface area contributed by atoms with E-state index in [2.05, 4.69) is 20.8 Å². The molecule has 1 nitrogen and oxygen atoms in total. The molecular weight excluding hydrogens is 196 g/mol. The van der Waals surface area contributed by atoms with Gasteiger partial charge in [0, 0.05) is 0 Å². The Morgan fingerprint density at radius 1 is 1.12 bits per heavy atom. The lowest BCUT2D eigenvalue weighted by molar-refractivity contribution is 0.402. The molecule has 0 saturated heterocycles. The molecule has 0 aliphatic rings. The van der Waals surface area contributed by atoms with E-state index in [1.54, 1.807) is 12.1 Å². The normalized spacial score (nSPS) is 14.7. The number of benzene rings is 1. The van der Waals surface area contributed by atoms with Gasteiger partial charge < -0.3 is 5.11 Å². The van der Waals surface area contributed by atoms with Crippen LogP contribution in [0.1, 0.15) is 57.9 Å². The van der Waals surface area contributed by atoms with Gasteiger partial charge in [-0.25, -0.2) is 0 Å². The molecule has 0 aromatic heterocycles. The largest absolute Gasteiger partial charge is 0.508 e. The highest BCUT2D eigenvalue weighted by atomic mass is 16.3. The Morgan fingerprint density at radius 3 is 2.25 bits per heavy atom. The molecule has 2 atom stereocenters. The van der Waals surface area contributed by atoms with E-state index in [0.29, 0.717) is 11.7 Å². The summed E-state index contributed by atoms with van der Waals surface area (Å²) in [6.45, 7) is 6.82. The lowest BCUT2D eigenvalue weighted by Gasteiger charge is -2.19. The van der Waals surface area contributed by atoms with Gasteiger partial charge in [0.05, 0.1) is 0 Å². The Bertz CT molecular complexity index is 289. The maximum Gasteiger partial charge on any atom is 0.115 e. The topological polar surface area (TPSA) is 20.2 Å². The number of phenolic OH excluding ortho intramolecular Hbond substituents is 1. The first kappa shape index (κ1) is 13.1. The number of hydrogen-bond donors (Lipinski definition) is 1. The lowest BCUT2D eigenvalue weighted by atomic mass is 9.86. The molecule has 0 radical (unpaired) electrons. The highest BCUT2D eigenvalue weighted by Crippen LogP contribution is 2.28. The van der Waals surface area contributed by atoms with Gasteiger partial charge in [0.1, 0.15) is 5.75 Å². The van der Waals surface area contributed by atoms with Crippen LogP contribution in [0.2, 0.25) is 0 Å². The number of rotatable bonds is 6. The second-order valence-electron chi connectivity index (χ2n) is 4.79. The molecule has 0 saturated carbocycles. The van der Waals surface area contributed by atoms with E-state index in [9.17, 15) is 5.11 Å². The highest BCUT2D eigenvalue weighted by molar-refractivity contribution is 5.27. The van der Waals surface area contributed by atoms with Crippen LogP contribution >= 0.6 is 0 Å². The van der Waals surface area contributed by atoms with Gasteiger partial charge >= 0.3 is 0 Å². The van der Waals surface area contributed by atoms with Crippen molar-refractivity contribution in [2.75, 3.05) is 0 Å². The summed E-state index contributed by atoms with van der Waals surface area (Å²) in [6.07, 6.45) is 5.14. The Balaban J connectivity index is 2.56. The van der Waals surface area contributed by atoms with Crippen LogP contribution in [0.3, 0.4) is 0 Å². The molecule has 0 aliphatic carbocycles.